The number of halogens is 1. The average Bonchev–Trinajstić information content (AvgIpc) is 2.53. The number of hydrogen-bond donors (Lipinski definition) is 0. The van der Waals surface area contributed by atoms with E-state index in [1.165, 1.54) is 13.2 Å². The van der Waals surface area contributed by atoms with Crippen molar-refractivity contribution >= 4 is 23.5 Å². The number of hydrogen-bond acceptors (Lipinski definition) is 3. The van der Waals surface area contributed by atoms with Crippen LogP contribution >= 0.6 is 11.6 Å². The van der Waals surface area contributed by atoms with Crippen molar-refractivity contribution in [3.63, 3.8) is 0 Å². The van der Waals surface area contributed by atoms with E-state index in [-0.39, 0.29) is 5.78 Å². The molecule has 0 unspecified atom stereocenters. The first kappa shape index (κ1) is 16.1. The number of allylic oxidation sites excluding steroid dienone is 1. The lowest BCUT2D eigenvalue weighted by Gasteiger charge is -2.09. The van der Waals surface area contributed by atoms with E-state index in [1.54, 1.807) is 37.5 Å². The summed E-state index contributed by atoms with van der Waals surface area (Å²) >= 11 is 6.11. The van der Waals surface area contributed by atoms with Gasteiger partial charge in [-0.2, -0.15) is 0 Å². The third-order valence-corrected chi connectivity index (χ3v) is 3.55. The Kier molecular flexibility index (Phi) is 5.23. The third kappa shape index (κ3) is 3.68. The molecule has 2 aromatic carbocycles. The molecule has 0 bridgehead atoms. The van der Waals surface area contributed by atoms with Crippen molar-refractivity contribution in [1.29, 1.82) is 0 Å². The second-order valence-electron chi connectivity index (χ2n) is 4.79. The highest BCUT2D eigenvalue weighted by atomic mass is 35.5. The highest BCUT2D eigenvalue weighted by molar-refractivity contribution is 6.32. The van der Waals surface area contributed by atoms with E-state index < -0.39 is 0 Å². The van der Waals surface area contributed by atoms with E-state index >= 15 is 0 Å². The van der Waals surface area contributed by atoms with Crippen LogP contribution in [0.25, 0.3) is 6.08 Å². The summed E-state index contributed by atoms with van der Waals surface area (Å²) in [5, 5.41) is 0.464. The maximum atomic E-state index is 12.2. The monoisotopic (exact) mass is 316 g/mol. The molecule has 114 valence electrons. The Balaban J connectivity index is 2.27. The average molecular weight is 317 g/mol. The van der Waals surface area contributed by atoms with Crippen LogP contribution in [0.15, 0.2) is 42.5 Å². The number of benzene rings is 2. The molecule has 0 aliphatic rings. The summed E-state index contributed by atoms with van der Waals surface area (Å²) in [6, 6.07) is 10.8. The fourth-order valence-corrected chi connectivity index (χ4v) is 2.24. The Morgan fingerprint density at radius 3 is 2.27 bits per heavy atom. The highest BCUT2D eigenvalue weighted by Crippen LogP contribution is 2.33. The van der Waals surface area contributed by atoms with Gasteiger partial charge in [-0.25, -0.2) is 0 Å². The van der Waals surface area contributed by atoms with E-state index in [4.69, 9.17) is 21.1 Å². The zero-order valence-electron chi connectivity index (χ0n) is 12.7. The molecule has 0 aromatic heterocycles. The SMILES string of the molecule is COc1cc(OC)c(/C=C/C(=O)c2ccc(C)cc2)cc1Cl. The first-order chi connectivity index (χ1) is 10.5. The lowest BCUT2D eigenvalue weighted by atomic mass is 10.1. The molecule has 0 N–H and O–H groups in total. The molecule has 3 nitrogen and oxygen atoms in total. The van der Waals surface area contributed by atoms with Crippen LogP contribution in [0.3, 0.4) is 0 Å². The highest BCUT2D eigenvalue weighted by Gasteiger charge is 2.08. The number of methoxy groups -OCH3 is 2. The second kappa shape index (κ2) is 7.14. The maximum absolute atomic E-state index is 12.2. The van der Waals surface area contributed by atoms with Gasteiger partial charge in [0.1, 0.15) is 11.5 Å². The van der Waals surface area contributed by atoms with Gasteiger partial charge in [0, 0.05) is 17.2 Å². The molecule has 2 rings (SSSR count). The van der Waals surface area contributed by atoms with E-state index in [0.29, 0.717) is 27.6 Å². The Labute approximate surface area is 135 Å². The zero-order valence-corrected chi connectivity index (χ0v) is 13.5. The Bertz CT molecular complexity index is 703. The molecule has 0 aliphatic carbocycles. The van der Waals surface area contributed by atoms with Gasteiger partial charge in [0.25, 0.3) is 0 Å². The molecule has 0 saturated carbocycles. The number of carbonyl (C=O) groups excluding carboxylic acids is 1. The van der Waals surface area contributed by atoms with Crippen molar-refractivity contribution in [3.8, 4) is 11.5 Å². The van der Waals surface area contributed by atoms with Gasteiger partial charge in [-0.3, -0.25) is 4.79 Å². The lowest BCUT2D eigenvalue weighted by molar-refractivity contribution is 0.104. The topological polar surface area (TPSA) is 35.5 Å². The van der Waals surface area contributed by atoms with Crippen molar-refractivity contribution in [2.45, 2.75) is 6.92 Å². The summed E-state index contributed by atoms with van der Waals surface area (Å²) in [6.45, 7) is 1.98. The zero-order chi connectivity index (χ0) is 16.1. The first-order valence-electron chi connectivity index (χ1n) is 6.75. The summed E-state index contributed by atoms with van der Waals surface area (Å²) in [4.78, 5) is 12.2. The Morgan fingerprint density at radius 1 is 1.05 bits per heavy atom. The number of aryl methyl sites for hydroxylation is 1. The molecule has 0 heterocycles. The van der Waals surface area contributed by atoms with Gasteiger partial charge in [0.15, 0.2) is 5.78 Å². The predicted molar refractivity (Wildman–Crippen MR) is 89.1 cm³/mol. The summed E-state index contributed by atoms with van der Waals surface area (Å²) in [5.41, 5.74) is 2.47. The molecule has 0 amide bonds. The van der Waals surface area contributed by atoms with Crippen LogP contribution in [0.5, 0.6) is 11.5 Å². The summed E-state index contributed by atoms with van der Waals surface area (Å²) < 4.78 is 10.4. The molecule has 0 aliphatic heterocycles. The molecule has 0 fully saturated rings. The van der Waals surface area contributed by atoms with Crippen LogP contribution < -0.4 is 9.47 Å². The van der Waals surface area contributed by atoms with Gasteiger partial charge in [-0.15, -0.1) is 0 Å². The molecule has 22 heavy (non-hydrogen) atoms. The summed E-state index contributed by atoms with van der Waals surface area (Å²) in [6.07, 6.45) is 3.19. The summed E-state index contributed by atoms with van der Waals surface area (Å²) in [5.74, 6) is 1.05. The quantitative estimate of drug-likeness (QED) is 0.599. The van der Waals surface area contributed by atoms with Crippen LogP contribution in [0.2, 0.25) is 5.02 Å². The van der Waals surface area contributed by atoms with Crippen LogP contribution in [0.4, 0.5) is 0 Å². The summed E-state index contributed by atoms with van der Waals surface area (Å²) in [7, 11) is 3.10. The van der Waals surface area contributed by atoms with Gasteiger partial charge in [0.05, 0.1) is 19.2 Å². The van der Waals surface area contributed by atoms with Gasteiger partial charge in [-0.05, 0) is 25.1 Å². The van der Waals surface area contributed by atoms with Crippen LogP contribution in [-0.2, 0) is 0 Å². The van der Waals surface area contributed by atoms with E-state index in [0.717, 1.165) is 5.56 Å². The number of ketones is 1. The lowest BCUT2D eigenvalue weighted by Crippen LogP contribution is -1.95. The molecule has 0 atom stereocenters. The number of carbonyl (C=O) groups is 1. The molecular formula is C18H17ClO3. The number of rotatable bonds is 5. The minimum atomic E-state index is -0.0750. The van der Waals surface area contributed by atoms with E-state index in [1.807, 2.05) is 19.1 Å². The Morgan fingerprint density at radius 2 is 1.68 bits per heavy atom. The minimum Gasteiger partial charge on any atom is -0.496 e. The molecular weight excluding hydrogens is 300 g/mol. The molecule has 2 aromatic rings. The van der Waals surface area contributed by atoms with Gasteiger partial charge in [0.2, 0.25) is 0 Å². The molecule has 0 spiro atoms. The maximum Gasteiger partial charge on any atom is 0.185 e. The van der Waals surface area contributed by atoms with E-state index in [9.17, 15) is 4.79 Å². The fourth-order valence-electron chi connectivity index (χ4n) is 1.99. The van der Waals surface area contributed by atoms with Crippen LogP contribution in [-0.4, -0.2) is 20.0 Å². The van der Waals surface area contributed by atoms with Crippen molar-refractivity contribution in [2.24, 2.45) is 0 Å². The molecule has 0 saturated heterocycles. The predicted octanol–water partition coefficient (Wildman–Crippen LogP) is 4.56. The van der Waals surface area contributed by atoms with Crippen molar-refractivity contribution < 1.29 is 14.3 Å². The van der Waals surface area contributed by atoms with Gasteiger partial charge >= 0.3 is 0 Å². The van der Waals surface area contributed by atoms with E-state index in [2.05, 4.69) is 0 Å². The fraction of sp³-hybridized carbons (Fsp3) is 0.167. The van der Waals surface area contributed by atoms with Gasteiger partial charge < -0.3 is 9.47 Å². The molecule has 4 heteroatoms. The third-order valence-electron chi connectivity index (χ3n) is 3.25. The van der Waals surface area contributed by atoms with Crippen molar-refractivity contribution in [1.82, 2.24) is 0 Å². The first-order valence-corrected chi connectivity index (χ1v) is 7.13. The van der Waals surface area contributed by atoms with Crippen molar-refractivity contribution in [3.05, 3.63) is 64.2 Å². The standard InChI is InChI=1S/C18H17ClO3/c1-12-4-6-13(7-5-12)16(20)9-8-14-10-15(19)18(22-3)11-17(14)21-2/h4-11H,1-3H3/b9-8+. The number of ether oxygens (including phenoxy) is 2. The molecule has 0 radical (unpaired) electrons. The van der Waals surface area contributed by atoms with Crippen LogP contribution in [0.1, 0.15) is 21.5 Å². The largest absolute Gasteiger partial charge is 0.496 e. The van der Waals surface area contributed by atoms with Gasteiger partial charge in [-0.1, -0.05) is 41.4 Å². The second-order valence-corrected chi connectivity index (χ2v) is 5.20. The normalized spacial score (nSPS) is 10.7. The van der Waals surface area contributed by atoms with Crippen molar-refractivity contribution in [2.75, 3.05) is 14.2 Å². The smallest absolute Gasteiger partial charge is 0.185 e. The minimum absolute atomic E-state index is 0.0750. The van der Waals surface area contributed by atoms with Crippen LogP contribution in [0, 0.1) is 6.92 Å². The Hall–Kier alpha value is -2.26.